The Labute approximate surface area is 138 Å². The van der Waals surface area contributed by atoms with Gasteiger partial charge in [0.1, 0.15) is 5.52 Å². The third-order valence-electron chi connectivity index (χ3n) is 4.20. The van der Waals surface area contributed by atoms with Gasteiger partial charge in [0.15, 0.2) is 23.1 Å². The Kier molecular flexibility index (Phi) is 3.53. The molecule has 2 aromatic heterocycles. The second-order valence-electron chi connectivity index (χ2n) is 5.71. The Bertz CT molecular complexity index is 958. The topological polar surface area (TPSA) is 45.5 Å². The summed E-state index contributed by atoms with van der Waals surface area (Å²) < 4.78 is 68.6. The quantitative estimate of drug-likeness (QED) is 0.680. The molecule has 132 valence electrons. The molecule has 1 N–H and O–H groups in total. The molecule has 1 saturated heterocycles. The largest absolute Gasteiger partial charge is 0.419 e. The van der Waals surface area contributed by atoms with Crippen LogP contribution in [0.15, 0.2) is 18.5 Å². The Balaban J connectivity index is 2.04. The van der Waals surface area contributed by atoms with Crippen LogP contribution in [0.3, 0.4) is 0 Å². The number of nitrogens with one attached hydrogen (secondary N) is 1. The van der Waals surface area contributed by atoms with Gasteiger partial charge in [-0.1, -0.05) is 0 Å². The van der Waals surface area contributed by atoms with Gasteiger partial charge in [0.2, 0.25) is 0 Å². The fraction of sp³-hybridized carbons (Fsp3) is 0.333. The number of hydrogen-bond acceptors (Lipinski definition) is 4. The normalized spacial score (nSPS) is 16.1. The van der Waals surface area contributed by atoms with E-state index < -0.39 is 28.9 Å². The SMILES string of the molecule is Fc1c(C(F)(F)F)cc2c(nc(N3CCNCC3)c3nccn32)c1F. The van der Waals surface area contributed by atoms with E-state index in [0.29, 0.717) is 43.7 Å². The number of anilines is 1. The molecule has 1 aliphatic heterocycles. The zero-order valence-electron chi connectivity index (χ0n) is 12.7. The predicted octanol–water partition coefficient (Wildman–Crippen LogP) is 2.59. The van der Waals surface area contributed by atoms with Gasteiger partial charge in [-0.15, -0.1) is 0 Å². The highest BCUT2D eigenvalue weighted by Crippen LogP contribution is 2.36. The van der Waals surface area contributed by atoms with E-state index in [-0.39, 0.29) is 5.52 Å². The summed E-state index contributed by atoms with van der Waals surface area (Å²) in [6, 6.07) is 0.566. The van der Waals surface area contributed by atoms with Crippen molar-refractivity contribution in [2.24, 2.45) is 0 Å². The Morgan fingerprint density at radius 1 is 1.08 bits per heavy atom. The maximum atomic E-state index is 14.4. The van der Waals surface area contributed by atoms with Crippen molar-refractivity contribution in [1.29, 1.82) is 0 Å². The minimum absolute atomic E-state index is 0.183. The molecule has 1 aliphatic rings. The summed E-state index contributed by atoms with van der Waals surface area (Å²) in [6.45, 7) is 2.50. The Hall–Kier alpha value is -2.49. The van der Waals surface area contributed by atoms with Crippen LogP contribution in [-0.2, 0) is 6.18 Å². The predicted molar refractivity (Wildman–Crippen MR) is 80.5 cm³/mol. The molecular formula is C15H12F5N5. The molecule has 0 radical (unpaired) electrons. The molecule has 0 spiro atoms. The summed E-state index contributed by atoms with van der Waals surface area (Å²) in [5.41, 5.74) is -2.00. The van der Waals surface area contributed by atoms with Gasteiger partial charge in [-0.05, 0) is 6.07 Å². The highest BCUT2D eigenvalue weighted by atomic mass is 19.4. The van der Waals surface area contributed by atoms with Gasteiger partial charge < -0.3 is 10.2 Å². The average molecular weight is 357 g/mol. The van der Waals surface area contributed by atoms with Crippen LogP contribution in [0.25, 0.3) is 16.7 Å². The standard InChI is InChI=1S/C15H12F5N5/c16-10-8(15(18,19)20)7-9-12(11(10)17)23-14(13-22-3-6-25(9)13)24-4-1-21-2-5-24/h3,6-7,21H,1-2,4-5H2. The number of imidazole rings is 1. The number of benzene rings is 1. The van der Waals surface area contributed by atoms with Crippen molar-refractivity contribution in [2.45, 2.75) is 6.18 Å². The molecule has 5 nitrogen and oxygen atoms in total. The number of fused-ring (bicyclic) bond motifs is 3. The summed E-state index contributed by atoms with van der Waals surface area (Å²) in [4.78, 5) is 10.1. The minimum Gasteiger partial charge on any atom is -0.351 e. The fourth-order valence-corrected chi connectivity index (χ4v) is 3.01. The van der Waals surface area contributed by atoms with Crippen molar-refractivity contribution in [3.63, 3.8) is 0 Å². The molecule has 10 heteroatoms. The van der Waals surface area contributed by atoms with Crippen LogP contribution < -0.4 is 10.2 Å². The van der Waals surface area contributed by atoms with Crippen molar-refractivity contribution >= 4 is 22.5 Å². The molecule has 4 rings (SSSR count). The van der Waals surface area contributed by atoms with Gasteiger partial charge >= 0.3 is 6.18 Å². The lowest BCUT2D eigenvalue weighted by Crippen LogP contribution is -2.44. The zero-order valence-corrected chi connectivity index (χ0v) is 12.7. The Morgan fingerprint density at radius 2 is 1.80 bits per heavy atom. The van der Waals surface area contributed by atoms with E-state index >= 15 is 0 Å². The maximum absolute atomic E-state index is 14.4. The van der Waals surface area contributed by atoms with E-state index in [0.717, 1.165) is 0 Å². The molecular weight excluding hydrogens is 345 g/mol. The highest BCUT2D eigenvalue weighted by Gasteiger charge is 2.37. The lowest BCUT2D eigenvalue weighted by Gasteiger charge is -2.28. The van der Waals surface area contributed by atoms with Crippen LogP contribution in [0.4, 0.5) is 27.8 Å². The van der Waals surface area contributed by atoms with E-state index in [2.05, 4.69) is 15.3 Å². The third-order valence-corrected chi connectivity index (χ3v) is 4.20. The molecule has 3 aromatic rings. The summed E-state index contributed by atoms with van der Waals surface area (Å²) in [7, 11) is 0. The van der Waals surface area contributed by atoms with Crippen LogP contribution in [0.1, 0.15) is 5.56 Å². The van der Waals surface area contributed by atoms with Crippen LogP contribution in [0, 0.1) is 11.6 Å². The molecule has 25 heavy (non-hydrogen) atoms. The molecule has 0 atom stereocenters. The molecule has 3 heterocycles. The second-order valence-corrected chi connectivity index (χ2v) is 5.71. The smallest absolute Gasteiger partial charge is 0.351 e. The molecule has 0 bridgehead atoms. The Morgan fingerprint density at radius 3 is 2.48 bits per heavy atom. The first-order valence-electron chi connectivity index (χ1n) is 7.55. The molecule has 0 amide bonds. The van der Waals surface area contributed by atoms with Gasteiger partial charge in [-0.2, -0.15) is 13.2 Å². The van der Waals surface area contributed by atoms with Crippen molar-refractivity contribution in [2.75, 3.05) is 31.1 Å². The summed E-state index contributed by atoms with van der Waals surface area (Å²) in [5.74, 6) is -3.24. The van der Waals surface area contributed by atoms with Crippen LogP contribution >= 0.6 is 0 Å². The first-order valence-corrected chi connectivity index (χ1v) is 7.55. The van der Waals surface area contributed by atoms with E-state index in [4.69, 9.17) is 0 Å². The third kappa shape index (κ3) is 2.48. The van der Waals surface area contributed by atoms with Gasteiger partial charge in [-0.25, -0.2) is 18.7 Å². The minimum atomic E-state index is -5.01. The van der Waals surface area contributed by atoms with Crippen molar-refractivity contribution in [3.05, 3.63) is 35.7 Å². The number of rotatable bonds is 1. The molecule has 0 aliphatic carbocycles. The number of hydrogen-bond donors (Lipinski definition) is 1. The monoisotopic (exact) mass is 357 g/mol. The number of halogens is 5. The summed E-state index contributed by atoms with van der Waals surface area (Å²) in [5, 5.41) is 3.15. The van der Waals surface area contributed by atoms with Crippen LogP contribution in [0.5, 0.6) is 0 Å². The van der Waals surface area contributed by atoms with Gasteiger partial charge in [0.05, 0.1) is 11.1 Å². The highest BCUT2D eigenvalue weighted by molar-refractivity contribution is 5.84. The maximum Gasteiger partial charge on any atom is 0.419 e. The number of aromatic nitrogens is 3. The van der Waals surface area contributed by atoms with Crippen LogP contribution in [-0.4, -0.2) is 40.5 Å². The van der Waals surface area contributed by atoms with E-state index in [1.807, 2.05) is 4.90 Å². The van der Waals surface area contributed by atoms with Gasteiger partial charge in [-0.3, -0.25) is 4.40 Å². The molecule has 1 fully saturated rings. The number of piperazine rings is 1. The first kappa shape index (κ1) is 16.0. The molecule has 0 unspecified atom stereocenters. The van der Waals surface area contributed by atoms with Gasteiger partial charge in [0.25, 0.3) is 0 Å². The van der Waals surface area contributed by atoms with Crippen molar-refractivity contribution in [3.8, 4) is 0 Å². The van der Waals surface area contributed by atoms with Crippen LogP contribution in [0.2, 0.25) is 0 Å². The second kappa shape index (κ2) is 5.51. The zero-order chi connectivity index (χ0) is 17.8. The van der Waals surface area contributed by atoms with Crippen molar-refractivity contribution in [1.82, 2.24) is 19.7 Å². The summed E-state index contributed by atoms with van der Waals surface area (Å²) >= 11 is 0. The average Bonchev–Trinajstić information content (AvgIpc) is 3.07. The fourth-order valence-electron chi connectivity index (χ4n) is 3.01. The van der Waals surface area contributed by atoms with E-state index in [1.54, 1.807) is 0 Å². The van der Waals surface area contributed by atoms with Gasteiger partial charge in [0, 0.05) is 38.6 Å². The lowest BCUT2D eigenvalue weighted by molar-refractivity contribution is -0.140. The number of nitrogens with zero attached hydrogens (tertiary/aromatic N) is 4. The summed E-state index contributed by atoms with van der Waals surface area (Å²) in [6.07, 6.45) is -2.22. The van der Waals surface area contributed by atoms with E-state index in [9.17, 15) is 22.0 Å². The molecule has 0 saturated carbocycles. The van der Waals surface area contributed by atoms with Crippen molar-refractivity contribution < 1.29 is 22.0 Å². The molecule has 1 aromatic carbocycles. The van der Waals surface area contributed by atoms with E-state index in [1.165, 1.54) is 16.8 Å². The lowest BCUT2D eigenvalue weighted by atomic mass is 10.1. The first-order chi connectivity index (χ1) is 11.9. The number of alkyl halides is 3.